The van der Waals surface area contributed by atoms with Gasteiger partial charge in [-0.3, -0.25) is 4.18 Å². The molecule has 1 unspecified atom stereocenters. The molecule has 22 heavy (non-hydrogen) atoms. The SMILES string of the molecule is CC(COS(=O)(=O)C(F)(F)F)(OS(=O)(=O)C(F)(F)F)C(=O)O. The third-order valence-electron chi connectivity index (χ3n) is 1.80. The quantitative estimate of drug-likeness (QED) is 0.400. The van der Waals surface area contributed by atoms with Gasteiger partial charge in [-0.05, 0) is 6.92 Å². The number of hydrogen-bond acceptors (Lipinski definition) is 7. The summed E-state index contributed by atoms with van der Waals surface area (Å²) in [5, 5.41) is 8.55. The van der Waals surface area contributed by atoms with Gasteiger partial charge < -0.3 is 5.11 Å². The van der Waals surface area contributed by atoms with Gasteiger partial charge in [-0.15, -0.1) is 0 Å². The zero-order valence-corrected chi connectivity index (χ0v) is 11.7. The molecule has 0 rings (SSSR count). The summed E-state index contributed by atoms with van der Waals surface area (Å²) < 4.78 is 121. The Balaban J connectivity index is 5.47. The molecule has 0 saturated heterocycles. The summed E-state index contributed by atoms with van der Waals surface area (Å²) in [5.41, 5.74) is -15.7. The number of hydrogen-bond donors (Lipinski definition) is 1. The normalized spacial score (nSPS) is 17.0. The second-order valence-corrected chi connectivity index (χ2v) is 6.83. The molecule has 0 aliphatic carbocycles. The van der Waals surface area contributed by atoms with E-state index in [0.717, 1.165) is 0 Å². The molecule has 16 heteroatoms. The van der Waals surface area contributed by atoms with Crippen LogP contribution in [0.25, 0.3) is 0 Å². The number of rotatable bonds is 6. The topological polar surface area (TPSA) is 124 Å². The van der Waals surface area contributed by atoms with Crippen molar-refractivity contribution in [1.29, 1.82) is 0 Å². The summed E-state index contributed by atoms with van der Waals surface area (Å²) in [5.74, 6) is -2.52. The molecule has 0 aromatic carbocycles. The lowest BCUT2D eigenvalue weighted by molar-refractivity contribution is -0.158. The minimum atomic E-state index is -6.54. The Morgan fingerprint density at radius 3 is 1.59 bits per heavy atom. The Labute approximate surface area is 118 Å². The maximum atomic E-state index is 12.0. The Bertz CT molecular complexity index is 631. The molecule has 0 saturated carbocycles. The summed E-state index contributed by atoms with van der Waals surface area (Å²) in [7, 11) is -12.9. The lowest BCUT2D eigenvalue weighted by atomic mass is 10.1. The molecule has 8 nitrogen and oxygen atoms in total. The zero-order chi connectivity index (χ0) is 18.2. The van der Waals surface area contributed by atoms with Crippen molar-refractivity contribution in [1.82, 2.24) is 0 Å². The molecule has 0 fully saturated rings. The van der Waals surface area contributed by atoms with Crippen molar-refractivity contribution < 1.29 is 61.4 Å². The molecule has 0 spiro atoms. The van der Waals surface area contributed by atoms with Crippen LogP contribution < -0.4 is 0 Å². The van der Waals surface area contributed by atoms with Crippen LogP contribution in [0.15, 0.2) is 0 Å². The lowest BCUT2D eigenvalue weighted by Gasteiger charge is -2.24. The van der Waals surface area contributed by atoms with Crippen LogP contribution in [-0.2, 0) is 33.4 Å². The molecule has 0 aromatic heterocycles. The van der Waals surface area contributed by atoms with Crippen LogP contribution in [0.4, 0.5) is 26.3 Å². The maximum Gasteiger partial charge on any atom is 0.523 e. The first-order valence-electron chi connectivity index (χ1n) is 4.57. The van der Waals surface area contributed by atoms with Gasteiger partial charge in [0.2, 0.25) is 5.60 Å². The lowest BCUT2D eigenvalue weighted by Crippen LogP contribution is -2.48. The summed E-state index contributed by atoms with van der Waals surface area (Å²) >= 11 is 0. The smallest absolute Gasteiger partial charge is 0.479 e. The maximum absolute atomic E-state index is 12.0. The average molecular weight is 384 g/mol. The zero-order valence-electron chi connectivity index (χ0n) is 10.1. The van der Waals surface area contributed by atoms with Crippen LogP contribution >= 0.6 is 0 Å². The molecule has 0 aromatic rings. The number of halogens is 6. The van der Waals surface area contributed by atoms with Gasteiger partial charge in [0, 0.05) is 0 Å². The van der Waals surface area contributed by atoms with Crippen LogP contribution in [0.1, 0.15) is 6.92 Å². The molecule has 0 bridgehead atoms. The van der Waals surface area contributed by atoms with Gasteiger partial charge in [-0.25, -0.2) is 8.98 Å². The number of carbonyl (C=O) groups is 1. The second-order valence-electron chi connectivity index (χ2n) is 3.68. The van der Waals surface area contributed by atoms with E-state index < -0.39 is 49.4 Å². The van der Waals surface area contributed by atoms with Crippen LogP contribution in [0.3, 0.4) is 0 Å². The van der Waals surface area contributed by atoms with Crippen LogP contribution in [-0.4, -0.2) is 51.1 Å². The van der Waals surface area contributed by atoms with Crippen molar-refractivity contribution in [3.8, 4) is 0 Å². The summed E-state index contributed by atoms with van der Waals surface area (Å²) in [6.45, 7) is -2.11. The van der Waals surface area contributed by atoms with E-state index in [0.29, 0.717) is 0 Å². The first-order valence-corrected chi connectivity index (χ1v) is 7.38. The predicted octanol–water partition coefficient (Wildman–Crippen LogP) is 0.562. The van der Waals surface area contributed by atoms with E-state index in [4.69, 9.17) is 5.11 Å². The Hall–Kier alpha value is -1.13. The van der Waals surface area contributed by atoms with E-state index in [9.17, 15) is 48.0 Å². The van der Waals surface area contributed by atoms with E-state index >= 15 is 0 Å². The minimum absolute atomic E-state index is 0.0739. The molecule has 0 radical (unpaired) electrons. The van der Waals surface area contributed by atoms with Gasteiger partial charge in [-0.2, -0.15) is 43.2 Å². The second kappa shape index (κ2) is 5.82. The van der Waals surface area contributed by atoms with Gasteiger partial charge >= 0.3 is 37.2 Å². The fourth-order valence-corrected chi connectivity index (χ4v) is 1.88. The highest BCUT2D eigenvalue weighted by molar-refractivity contribution is 7.88. The Kier molecular flexibility index (Phi) is 5.52. The molecule has 0 amide bonds. The van der Waals surface area contributed by atoms with E-state index in [-0.39, 0.29) is 6.92 Å². The molecular formula is C6H6F6O8S2. The van der Waals surface area contributed by atoms with Gasteiger partial charge in [-0.1, -0.05) is 0 Å². The molecule has 1 N–H and O–H groups in total. The van der Waals surface area contributed by atoms with Crippen LogP contribution in [0.2, 0.25) is 0 Å². The van der Waals surface area contributed by atoms with Gasteiger partial charge in [0.05, 0.1) is 0 Å². The van der Waals surface area contributed by atoms with E-state index in [1.54, 1.807) is 0 Å². The predicted molar refractivity (Wildman–Crippen MR) is 53.0 cm³/mol. The molecule has 0 heterocycles. The highest BCUT2D eigenvalue weighted by Crippen LogP contribution is 2.31. The molecule has 1 atom stereocenters. The number of carboxylic acid groups (broad SMARTS) is 1. The minimum Gasteiger partial charge on any atom is -0.479 e. The van der Waals surface area contributed by atoms with Crippen molar-refractivity contribution in [2.24, 2.45) is 0 Å². The molecular weight excluding hydrogens is 378 g/mol. The Morgan fingerprint density at radius 2 is 1.32 bits per heavy atom. The number of alkyl halides is 6. The summed E-state index contributed by atoms with van der Waals surface area (Å²) in [6, 6.07) is 0. The first-order chi connectivity index (χ1) is 9.36. The van der Waals surface area contributed by atoms with Crippen molar-refractivity contribution in [3.63, 3.8) is 0 Å². The fourth-order valence-electron chi connectivity index (χ4n) is 0.668. The third kappa shape index (κ3) is 4.68. The fraction of sp³-hybridized carbons (Fsp3) is 0.833. The molecule has 0 aliphatic heterocycles. The standard InChI is InChI=1S/C6H6F6O8S2/c1-4(3(13)14,20-22(17,18)6(10,11)12)2-19-21(15,16)5(7,8)9/h2H2,1H3,(H,13,14). The van der Waals surface area contributed by atoms with E-state index in [1.807, 2.05) is 0 Å². The third-order valence-corrected chi connectivity index (χ3v) is 3.95. The average Bonchev–Trinajstić information content (AvgIpc) is 2.22. The van der Waals surface area contributed by atoms with Crippen molar-refractivity contribution in [2.75, 3.05) is 6.61 Å². The van der Waals surface area contributed by atoms with Gasteiger partial charge in [0.25, 0.3) is 0 Å². The Morgan fingerprint density at radius 1 is 0.955 bits per heavy atom. The van der Waals surface area contributed by atoms with Crippen LogP contribution in [0.5, 0.6) is 0 Å². The summed E-state index contributed by atoms with van der Waals surface area (Å²) in [4.78, 5) is 10.7. The number of aliphatic carboxylic acids is 1. The van der Waals surface area contributed by atoms with E-state index in [2.05, 4.69) is 8.37 Å². The highest BCUT2D eigenvalue weighted by Gasteiger charge is 2.55. The molecule has 132 valence electrons. The molecule has 0 aliphatic rings. The number of carboxylic acids is 1. The monoisotopic (exact) mass is 384 g/mol. The van der Waals surface area contributed by atoms with Gasteiger partial charge in [0.15, 0.2) is 0 Å². The largest absolute Gasteiger partial charge is 0.523 e. The summed E-state index contributed by atoms with van der Waals surface area (Å²) in [6.07, 6.45) is 0. The van der Waals surface area contributed by atoms with Gasteiger partial charge in [0.1, 0.15) is 6.61 Å². The van der Waals surface area contributed by atoms with Crippen molar-refractivity contribution in [3.05, 3.63) is 0 Å². The van der Waals surface area contributed by atoms with Crippen LogP contribution in [0, 0.1) is 0 Å². The van der Waals surface area contributed by atoms with E-state index in [1.165, 1.54) is 0 Å². The van der Waals surface area contributed by atoms with Crippen molar-refractivity contribution >= 4 is 26.2 Å². The first kappa shape index (κ1) is 20.9. The highest BCUT2D eigenvalue weighted by atomic mass is 32.2. The van der Waals surface area contributed by atoms with Crippen molar-refractivity contribution in [2.45, 2.75) is 23.5 Å².